The van der Waals surface area contributed by atoms with Gasteiger partial charge in [-0.3, -0.25) is 0 Å². The molecule has 98 valence electrons. The Kier molecular flexibility index (Phi) is 9.35. The Morgan fingerprint density at radius 2 is 1.44 bits per heavy atom. The van der Waals surface area contributed by atoms with Gasteiger partial charge < -0.3 is 36.0 Å². The Morgan fingerprint density at radius 1 is 0.944 bits per heavy atom. The van der Waals surface area contributed by atoms with Gasteiger partial charge in [-0.05, 0) is 19.6 Å². The second-order valence-corrected chi connectivity index (χ2v) is 7.45. The van der Waals surface area contributed by atoms with Crippen LogP contribution >= 0.6 is 0 Å². The average molecular weight is 346 g/mol. The van der Waals surface area contributed by atoms with Gasteiger partial charge in [0.05, 0.1) is 21.3 Å². The molecule has 0 aliphatic carbocycles. The van der Waals surface area contributed by atoms with E-state index in [1.165, 1.54) is 14.2 Å². The van der Waals surface area contributed by atoms with E-state index in [1.54, 1.807) is 32.3 Å². The molecule has 1 aromatic carbocycles. The minimum atomic E-state index is -2.69. The predicted molar refractivity (Wildman–Crippen MR) is 69.0 cm³/mol. The zero-order valence-corrected chi connectivity index (χ0v) is 15.4. The third-order valence-corrected chi connectivity index (χ3v) is 4.04. The summed E-state index contributed by atoms with van der Waals surface area (Å²) >= 11 is 0. The van der Waals surface area contributed by atoms with Gasteiger partial charge in [0.15, 0.2) is 11.5 Å². The molecular weight excluding hydrogens is 328 g/mol. The summed E-state index contributed by atoms with van der Waals surface area (Å²) in [7, 11) is 1.92. The van der Waals surface area contributed by atoms with Crippen LogP contribution in [-0.2, 0) is 0 Å². The van der Waals surface area contributed by atoms with Crippen LogP contribution in [0.15, 0.2) is 12.1 Å². The minimum absolute atomic E-state index is 0. The Hall–Kier alpha value is 0.0431. The Bertz CT molecular complexity index is 382. The quantitative estimate of drug-likeness (QED) is 0.550. The number of ether oxygens (including phenoxy) is 3. The van der Waals surface area contributed by atoms with Crippen LogP contribution in [0.1, 0.15) is 0 Å². The van der Waals surface area contributed by atoms with Gasteiger partial charge in [-0.25, -0.2) is 0 Å². The van der Waals surface area contributed by atoms with E-state index in [0.29, 0.717) is 22.4 Å². The average Bonchev–Trinajstić information content (AvgIpc) is 2.25. The summed E-state index contributed by atoms with van der Waals surface area (Å²) in [5.74, 6) is 1.55. The first-order valence-corrected chi connectivity index (χ1v) is 7.86. The summed E-state index contributed by atoms with van der Waals surface area (Å²) in [6, 6.07) is 3.50. The van der Waals surface area contributed by atoms with E-state index in [0.717, 1.165) is 0 Å². The Morgan fingerprint density at radius 3 is 1.78 bits per heavy atom. The molecule has 0 N–H and O–H groups in total. The molecule has 1 aromatic rings. The molecule has 0 fully saturated rings. The standard InChI is InChI=1S/C11H17O4Si.BrH.Mg/c1-13-8-6-7-9(16(4,5)12)11(15-3)10(8)14-2;;/h6-7H,1-5H3;1H;/q-1;;+2/p-1. The zero-order chi connectivity index (χ0) is 12.3. The van der Waals surface area contributed by atoms with Crippen molar-refractivity contribution < 1.29 is 36.0 Å². The molecule has 0 atom stereocenters. The van der Waals surface area contributed by atoms with Crippen molar-refractivity contribution in [1.82, 2.24) is 0 Å². The van der Waals surface area contributed by atoms with Gasteiger partial charge in [-0.1, -0.05) is 19.2 Å². The molecule has 1 rings (SSSR count). The molecular formula is C11H17BrMgO4Si. The normalized spacial score (nSPS) is 9.89. The van der Waals surface area contributed by atoms with Crippen LogP contribution in [0.4, 0.5) is 0 Å². The summed E-state index contributed by atoms with van der Waals surface area (Å²) in [6.45, 7) is 3.44. The van der Waals surface area contributed by atoms with E-state index in [4.69, 9.17) is 14.2 Å². The van der Waals surface area contributed by atoms with Crippen molar-refractivity contribution in [2.24, 2.45) is 0 Å². The molecule has 0 aliphatic heterocycles. The molecule has 0 spiro atoms. The van der Waals surface area contributed by atoms with Crippen molar-refractivity contribution in [2.75, 3.05) is 21.3 Å². The maximum absolute atomic E-state index is 12.1. The zero-order valence-electron chi connectivity index (χ0n) is 11.4. The monoisotopic (exact) mass is 344 g/mol. The van der Waals surface area contributed by atoms with Gasteiger partial charge in [-0.15, -0.1) is 0 Å². The number of rotatable bonds is 4. The van der Waals surface area contributed by atoms with Gasteiger partial charge in [0, 0.05) is 0 Å². The van der Waals surface area contributed by atoms with Crippen LogP contribution in [0.25, 0.3) is 0 Å². The van der Waals surface area contributed by atoms with Crippen LogP contribution in [0.2, 0.25) is 13.1 Å². The number of hydrogen-bond donors (Lipinski definition) is 0. The van der Waals surface area contributed by atoms with E-state index < -0.39 is 8.32 Å². The van der Waals surface area contributed by atoms with Gasteiger partial charge in [0.2, 0.25) is 5.75 Å². The molecule has 0 bridgehead atoms. The summed E-state index contributed by atoms with van der Waals surface area (Å²) < 4.78 is 15.6. The third kappa shape index (κ3) is 4.30. The van der Waals surface area contributed by atoms with Crippen LogP contribution in [0.3, 0.4) is 0 Å². The summed E-state index contributed by atoms with van der Waals surface area (Å²) in [5.41, 5.74) is 0. The first-order valence-electron chi connectivity index (χ1n) is 4.95. The predicted octanol–water partition coefficient (Wildman–Crippen LogP) is -2.89. The van der Waals surface area contributed by atoms with Crippen molar-refractivity contribution in [2.45, 2.75) is 13.1 Å². The molecule has 4 nitrogen and oxygen atoms in total. The summed E-state index contributed by atoms with van der Waals surface area (Å²) in [6.07, 6.45) is 0. The molecule has 0 radical (unpaired) electrons. The second-order valence-electron chi connectivity index (χ2n) is 3.89. The Balaban J connectivity index is 0. The van der Waals surface area contributed by atoms with E-state index in [-0.39, 0.29) is 40.0 Å². The fraction of sp³-hybridized carbons (Fsp3) is 0.455. The van der Waals surface area contributed by atoms with Crippen molar-refractivity contribution >= 4 is 36.6 Å². The van der Waals surface area contributed by atoms with Gasteiger partial charge in [-0.2, -0.15) is 0 Å². The number of benzene rings is 1. The van der Waals surface area contributed by atoms with E-state index in [1.807, 2.05) is 0 Å². The number of hydrogen-bond acceptors (Lipinski definition) is 4. The maximum atomic E-state index is 12.1. The molecule has 0 aliphatic rings. The first-order chi connectivity index (χ1) is 7.45. The van der Waals surface area contributed by atoms with E-state index >= 15 is 0 Å². The molecule has 0 heterocycles. The fourth-order valence-electron chi connectivity index (χ4n) is 1.58. The van der Waals surface area contributed by atoms with E-state index in [2.05, 4.69) is 0 Å². The molecule has 0 saturated heterocycles. The van der Waals surface area contributed by atoms with Crippen molar-refractivity contribution in [3.63, 3.8) is 0 Å². The second kappa shape index (κ2) is 8.26. The SMILES string of the molecule is COc1ccc([Si](C)(C)[O-])c(OC)c1OC.[Br-].[Mg+2]. The Labute approximate surface area is 136 Å². The molecule has 0 amide bonds. The molecule has 0 aromatic heterocycles. The van der Waals surface area contributed by atoms with Crippen molar-refractivity contribution in [3.8, 4) is 17.2 Å². The maximum Gasteiger partial charge on any atom is 2.00 e. The van der Waals surface area contributed by atoms with Gasteiger partial charge in [0.1, 0.15) is 0 Å². The van der Waals surface area contributed by atoms with E-state index in [9.17, 15) is 4.80 Å². The largest absolute Gasteiger partial charge is 2.00 e. The fourth-order valence-corrected chi connectivity index (χ4v) is 2.82. The molecule has 18 heavy (non-hydrogen) atoms. The summed E-state index contributed by atoms with van der Waals surface area (Å²) in [5, 5.41) is 0.688. The molecule has 0 saturated carbocycles. The number of halogens is 1. The smallest absolute Gasteiger partial charge is 1.00 e. The molecule has 7 heteroatoms. The first kappa shape index (κ1) is 20.4. The topological polar surface area (TPSA) is 50.8 Å². The summed E-state index contributed by atoms with van der Waals surface area (Å²) in [4.78, 5) is 12.1. The van der Waals surface area contributed by atoms with Crippen LogP contribution in [-0.4, -0.2) is 52.7 Å². The molecule has 0 unspecified atom stereocenters. The van der Waals surface area contributed by atoms with Crippen LogP contribution < -0.4 is 41.2 Å². The van der Waals surface area contributed by atoms with Crippen LogP contribution in [0.5, 0.6) is 17.2 Å². The number of methoxy groups -OCH3 is 3. The third-order valence-electron chi connectivity index (χ3n) is 2.35. The minimum Gasteiger partial charge on any atom is -1.00 e. The van der Waals surface area contributed by atoms with Crippen molar-refractivity contribution in [1.29, 1.82) is 0 Å². The van der Waals surface area contributed by atoms with Crippen LogP contribution in [0, 0.1) is 0 Å². The van der Waals surface area contributed by atoms with Gasteiger partial charge >= 0.3 is 23.1 Å². The van der Waals surface area contributed by atoms with Crippen molar-refractivity contribution in [3.05, 3.63) is 12.1 Å². The van der Waals surface area contributed by atoms with Gasteiger partial charge in [0.25, 0.3) is 0 Å².